The minimum absolute atomic E-state index is 0.0545. The highest BCUT2D eigenvalue weighted by atomic mass is 35.5. The number of thioether (sulfide) groups is 1. The number of benzene rings is 2. The van der Waals surface area contributed by atoms with Crippen LogP contribution in [0.5, 0.6) is 0 Å². The van der Waals surface area contributed by atoms with E-state index < -0.39 is 0 Å². The Morgan fingerprint density at radius 3 is 2.63 bits per heavy atom. The van der Waals surface area contributed by atoms with E-state index in [4.69, 9.17) is 11.6 Å². The molecule has 0 spiro atoms. The van der Waals surface area contributed by atoms with E-state index in [1.54, 1.807) is 0 Å². The van der Waals surface area contributed by atoms with Gasteiger partial charge in [-0.15, -0.1) is 10.2 Å². The van der Waals surface area contributed by atoms with Crippen molar-refractivity contribution < 1.29 is 4.79 Å². The number of carbonyl (C=O) groups excluding carboxylic acids is 1. The molecule has 1 amide bonds. The van der Waals surface area contributed by atoms with Gasteiger partial charge in [-0.1, -0.05) is 53.2 Å². The molecule has 1 aliphatic heterocycles. The Hall–Kier alpha value is -2.51. The van der Waals surface area contributed by atoms with Gasteiger partial charge in [0.25, 0.3) is 0 Å². The Morgan fingerprint density at radius 2 is 1.90 bits per heavy atom. The molecule has 156 valence electrons. The minimum atomic E-state index is -0.0545. The van der Waals surface area contributed by atoms with Gasteiger partial charge < -0.3 is 10.2 Å². The fraction of sp³-hybridized carbons (Fsp3) is 0.318. The summed E-state index contributed by atoms with van der Waals surface area (Å²) in [4.78, 5) is 14.7. The summed E-state index contributed by atoms with van der Waals surface area (Å²) in [6.45, 7) is 4.48. The summed E-state index contributed by atoms with van der Waals surface area (Å²) in [5.41, 5.74) is 3.18. The zero-order chi connectivity index (χ0) is 20.9. The zero-order valence-electron chi connectivity index (χ0n) is 16.8. The minimum Gasteiger partial charge on any atom is -0.351 e. The Balaban J connectivity index is 1.46. The van der Waals surface area contributed by atoms with E-state index in [1.165, 1.54) is 17.3 Å². The topological polar surface area (TPSA) is 63.1 Å². The molecule has 2 aromatic carbocycles. The predicted molar refractivity (Wildman–Crippen MR) is 122 cm³/mol. The number of nitrogens with zero attached hydrogens (tertiary/aromatic N) is 4. The summed E-state index contributed by atoms with van der Waals surface area (Å²) >= 11 is 7.40. The van der Waals surface area contributed by atoms with Gasteiger partial charge >= 0.3 is 0 Å². The standard InChI is InChI=1S/C22H24ClN5OS/c1-16-7-9-19(10-8-16)28-21(27-11-2-3-12-27)25-26-22(28)30-15-20(29)24-14-17-5-4-6-18(23)13-17/h4-10,13H,2-3,11-12,14-15H2,1H3,(H,24,29). The SMILES string of the molecule is Cc1ccc(-n2c(SCC(=O)NCc3cccc(Cl)c3)nnc2N2CCCC2)cc1. The summed E-state index contributed by atoms with van der Waals surface area (Å²) in [6.07, 6.45) is 2.32. The lowest BCUT2D eigenvalue weighted by Gasteiger charge is -2.18. The molecule has 8 heteroatoms. The molecule has 6 nitrogen and oxygen atoms in total. The lowest BCUT2D eigenvalue weighted by Crippen LogP contribution is -2.25. The Bertz CT molecular complexity index is 1010. The van der Waals surface area contributed by atoms with Crippen molar-refractivity contribution in [2.24, 2.45) is 0 Å². The number of hydrogen-bond donors (Lipinski definition) is 1. The van der Waals surface area contributed by atoms with Gasteiger partial charge in [-0.2, -0.15) is 0 Å². The number of rotatable bonds is 7. The van der Waals surface area contributed by atoms with Crippen molar-refractivity contribution in [3.63, 3.8) is 0 Å². The first-order valence-corrected chi connectivity index (χ1v) is 11.4. The Kier molecular flexibility index (Phi) is 6.59. The Morgan fingerprint density at radius 1 is 1.13 bits per heavy atom. The van der Waals surface area contributed by atoms with E-state index in [0.29, 0.717) is 11.6 Å². The molecular formula is C22H24ClN5OS. The third kappa shape index (κ3) is 4.96. The van der Waals surface area contributed by atoms with E-state index in [0.717, 1.165) is 48.3 Å². The molecule has 30 heavy (non-hydrogen) atoms. The maximum atomic E-state index is 12.4. The predicted octanol–water partition coefficient (Wildman–Crippen LogP) is 4.24. The van der Waals surface area contributed by atoms with E-state index in [-0.39, 0.29) is 11.7 Å². The van der Waals surface area contributed by atoms with Gasteiger partial charge in [0.1, 0.15) is 0 Å². The summed E-state index contributed by atoms with van der Waals surface area (Å²) in [5.74, 6) is 1.06. The molecule has 0 saturated carbocycles. The Labute approximate surface area is 185 Å². The summed E-state index contributed by atoms with van der Waals surface area (Å²) in [7, 11) is 0. The number of carbonyl (C=O) groups is 1. The van der Waals surface area contributed by atoms with E-state index in [2.05, 4.69) is 56.2 Å². The van der Waals surface area contributed by atoms with E-state index in [9.17, 15) is 4.79 Å². The molecule has 2 heterocycles. The van der Waals surface area contributed by atoms with Crippen LogP contribution in [-0.2, 0) is 11.3 Å². The van der Waals surface area contributed by atoms with Crippen LogP contribution in [0.15, 0.2) is 53.7 Å². The molecule has 0 unspecified atom stereocenters. The van der Waals surface area contributed by atoms with Crippen molar-refractivity contribution in [1.29, 1.82) is 0 Å². The maximum Gasteiger partial charge on any atom is 0.232 e. The van der Waals surface area contributed by atoms with Crippen LogP contribution in [0.4, 0.5) is 5.95 Å². The highest BCUT2D eigenvalue weighted by Gasteiger charge is 2.22. The first-order chi connectivity index (χ1) is 14.6. The van der Waals surface area contributed by atoms with Gasteiger partial charge in [0.2, 0.25) is 11.9 Å². The molecule has 3 aromatic rings. The van der Waals surface area contributed by atoms with Crippen LogP contribution in [0.2, 0.25) is 5.02 Å². The quantitative estimate of drug-likeness (QED) is 0.555. The van der Waals surface area contributed by atoms with Crippen molar-refractivity contribution in [3.8, 4) is 5.69 Å². The summed E-state index contributed by atoms with van der Waals surface area (Å²) in [5, 5.41) is 13.2. The highest BCUT2D eigenvalue weighted by molar-refractivity contribution is 7.99. The maximum absolute atomic E-state index is 12.4. The number of amides is 1. The lowest BCUT2D eigenvalue weighted by molar-refractivity contribution is -0.118. The molecule has 1 N–H and O–H groups in total. The molecule has 0 bridgehead atoms. The molecule has 0 atom stereocenters. The zero-order valence-corrected chi connectivity index (χ0v) is 18.4. The fourth-order valence-electron chi connectivity index (χ4n) is 3.43. The van der Waals surface area contributed by atoms with Crippen molar-refractivity contribution in [2.45, 2.75) is 31.5 Å². The number of nitrogens with one attached hydrogen (secondary N) is 1. The first kappa shape index (κ1) is 20.8. The molecule has 4 rings (SSSR count). The monoisotopic (exact) mass is 441 g/mol. The van der Waals surface area contributed by atoms with E-state index >= 15 is 0 Å². The second kappa shape index (κ2) is 9.53. The first-order valence-electron chi connectivity index (χ1n) is 10.0. The molecule has 1 fully saturated rings. The van der Waals surface area contributed by atoms with Crippen molar-refractivity contribution >= 4 is 35.2 Å². The lowest BCUT2D eigenvalue weighted by atomic mass is 10.2. The van der Waals surface area contributed by atoms with Crippen LogP contribution >= 0.6 is 23.4 Å². The van der Waals surface area contributed by atoms with Crippen LogP contribution in [0, 0.1) is 6.92 Å². The van der Waals surface area contributed by atoms with Crippen molar-refractivity contribution in [3.05, 3.63) is 64.7 Å². The number of hydrogen-bond acceptors (Lipinski definition) is 5. The second-order valence-electron chi connectivity index (χ2n) is 7.34. The van der Waals surface area contributed by atoms with E-state index in [1.807, 2.05) is 24.3 Å². The average molecular weight is 442 g/mol. The number of aromatic nitrogens is 3. The average Bonchev–Trinajstić information content (AvgIpc) is 3.41. The van der Waals surface area contributed by atoms with Gasteiger partial charge in [-0.25, -0.2) is 0 Å². The molecule has 1 aromatic heterocycles. The molecular weight excluding hydrogens is 418 g/mol. The van der Waals surface area contributed by atoms with Crippen molar-refractivity contribution in [2.75, 3.05) is 23.7 Å². The highest BCUT2D eigenvalue weighted by Crippen LogP contribution is 2.28. The third-order valence-corrected chi connectivity index (χ3v) is 6.17. The number of aryl methyl sites for hydroxylation is 1. The van der Waals surface area contributed by atoms with Crippen LogP contribution in [0.1, 0.15) is 24.0 Å². The fourth-order valence-corrected chi connectivity index (χ4v) is 4.42. The van der Waals surface area contributed by atoms with Gasteiger partial charge in [0.05, 0.1) is 11.4 Å². The van der Waals surface area contributed by atoms with Crippen LogP contribution in [0.25, 0.3) is 5.69 Å². The number of anilines is 1. The summed E-state index contributed by atoms with van der Waals surface area (Å²) < 4.78 is 2.06. The molecule has 1 aliphatic rings. The summed E-state index contributed by atoms with van der Waals surface area (Å²) in [6, 6.07) is 15.8. The largest absolute Gasteiger partial charge is 0.351 e. The third-order valence-electron chi connectivity index (χ3n) is 5.01. The van der Waals surface area contributed by atoms with Gasteiger partial charge in [-0.3, -0.25) is 9.36 Å². The molecule has 0 radical (unpaired) electrons. The smallest absolute Gasteiger partial charge is 0.232 e. The van der Waals surface area contributed by atoms with Crippen LogP contribution in [0.3, 0.4) is 0 Å². The van der Waals surface area contributed by atoms with Gasteiger partial charge in [-0.05, 0) is 49.6 Å². The van der Waals surface area contributed by atoms with Gasteiger partial charge in [0, 0.05) is 24.7 Å². The van der Waals surface area contributed by atoms with Crippen LogP contribution in [-0.4, -0.2) is 39.5 Å². The van der Waals surface area contributed by atoms with Crippen molar-refractivity contribution in [1.82, 2.24) is 20.1 Å². The second-order valence-corrected chi connectivity index (χ2v) is 8.72. The normalized spacial score (nSPS) is 13.6. The van der Waals surface area contributed by atoms with Crippen LogP contribution < -0.4 is 10.2 Å². The molecule has 0 aliphatic carbocycles. The van der Waals surface area contributed by atoms with Gasteiger partial charge in [0.15, 0.2) is 5.16 Å². The molecule has 1 saturated heterocycles. The number of halogens is 1.